The Labute approximate surface area is 154 Å². The van der Waals surface area contributed by atoms with Crippen molar-refractivity contribution < 1.29 is 24.5 Å². The number of hydrogen-bond donors (Lipinski definition) is 2. The zero-order valence-electron chi connectivity index (χ0n) is 15.7. The molecule has 1 heterocycles. The van der Waals surface area contributed by atoms with Crippen molar-refractivity contribution in [3.63, 3.8) is 0 Å². The van der Waals surface area contributed by atoms with Crippen molar-refractivity contribution in [3.05, 3.63) is 34.6 Å². The number of carbonyl (C=O) groups is 2. The van der Waals surface area contributed by atoms with Crippen LogP contribution in [0, 0.1) is 11.8 Å². The summed E-state index contributed by atoms with van der Waals surface area (Å²) in [5.41, 5.74) is 2.04. The first-order valence-corrected chi connectivity index (χ1v) is 9.46. The van der Waals surface area contributed by atoms with Crippen molar-refractivity contribution in [3.8, 4) is 0 Å². The van der Waals surface area contributed by atoms with Gasteiger partial charge in [0.2, 0.25) is 0 Å². The number of ether oxygens (including phenoxy) is 1. The molecule has 0 spiro atoms. The number of carboxylic acids is 1. The number of aliphatic hydroxyl groups is 1. The van der Waals surface area contributed by atoms with Gasteiger partial charge in [-0.05, 0) is 45.4 Å². The molecule has 5 heteroatoms. The van der Waals surface area contributed by atoms with Crippen LogP contribution in [0.25, 0.3) is 0 Å². The standard InChI is InChI=1S/C21H28O5/c1-12(5-4-6-13(2)20(24)25)14-9-10-21(3)16(14)11-15-18(26-21)8-7-17(22)19(15)23/h6,9,12,16-17,22H,4-5,7-8,10-11H2,1-3H3,(H,24,25)/b13-6+/t12-,16-,17+,21+/m0/s1. The van der Waals surface area contributed by atoms with E-state index in [-0.39, 0.29) is 17.3 Å². The first-order valence-electron chi connectivity index (χ1n) is 9.46. The van der Waals surface area contributed by atoms with Gasteiger partial charge in [0.1, 0.15) is 17.5 Å². The summed E-state index contributed by atoms with van der Waals surface area (Å²) in [5.74, 6) is 0.178. The van der Waals surface area contributed by atoms with Gasteiger partial charge in [0.25, 0.3) is 0 Å². The SMILES string of the molecule is C/C(=C\CC[C@H](C)C1=CC[C@@]2(C)OC3=C(C[C@@H]12)C(=O)[C@H](O)CC3)C(=O)O. The molecule has 4 atom stereocenters. The largest absolute Gasteiger partial charge is 0.491 e. The summed E-state index contributed by atoms with van der Waals surface area (Å²) in [4.78, 5) is 23.3. The molecule has 3 rings (SSSR count). The van der Waals surface area contributed by atoms with Crippen molar-refractivity contribution >= 4 is 11.8 Å². The van der Waals surface area contributed by atoms with E-state index in [0.717, 1.165) is 18.6 Å². The number of hydrogen-bond acceptors (Lipinski definition) is 4. The van der Waals surface area contributed by atoms with Crippen molar-refractivity contribution in [1.82, 2.24) is 0 Å². The van der Waals surface area contributed by atoms with Gasteiger partial charge in [-0.15, -0.1) is 0 Å². The molecule has 1 aliphatic heterocycles. The summed E-state index contributed by atoms with van der Waals surface area (Å²) >= 11 is 0. The second-order valence-electron chi connectivity index (χ2n) is 8.07. The van der Waals surface area contributed by atoms with Crippen LogP contribution in [0.1, 0.15) is 59.3 Å². The number of Topliss-reactive ketones (excluding diaryl/α,β-unsaturated/α-hetero) is 1. The topological polar surface area (TPSA) is 83.8 Å². The van der Waals surface area contributed by atoms with E-state index in [2.05, 4.69) is 19.9 Å². The fourth-order valence-electron chi connectivity index (χ4n) is 4.45. The van der Waals surface area contributed by atoms with Gasteiger partial charge >= 0.3 is 5.97 Å². The van der Waals surface area contributed by atoms with Crippen LogP contribution in [-0.4, -0.2) is 33.7 Å². The fraction of sp³-hybridized carbons (Fsp3) is 0.619. The van der Waals surface area contributed by atoms with E-state index in [0.29, 0.717) is 42.7 Å². The van der Waals surface area contributed by atoms with Gasteiger partial charge in [-0.25, -0.2) is 4.79 Å². The Balaban J connectivity index is 1.72. The predicted octanol–water partition coefficient (Wildman–Crippen LogP) is 3.54. The lowest BCUT2D eigenvalue weighted by Gasteiger charge is -2.43. The number of aliphatic carboxylic acids is 1. The minimum absolute atomic E-state index is 0.148. The maximum Gasteiger partial charge on any atom is 0.330 e. The first kappa shape index (κ1) is 18.9. The molecule has 0 saturated carbocycles. The molecule has 5 nitrogen and oxygen atoms in total. The van der Waals surface area contributed by atoms with Crippen LogP contribution in [-0.2, 0) is 14.3 Å². The Bertz CT molecular complexity index is 714. The molecular formula is C21H28O5. The molecule has 142 valence electrons. The van der Waals surface area contributed by atoms with E-state index in [1.165, 1.54) is 5.57 Å². The molecule has 0 aromatic rings. The number of carbonyl (C=O) groups excluding carboxylic acids is 1. The number of aliphatic hydroxyl groups excluding tert-OH is 1. The predicted molar refractivity (Wildman–Crippen MR) is 97.4 cm³/mol. The molecule has 0 unspecified atom stereocenters. The lowest BCUT2D eigenvalue weighted by Crippen LogP contribution is -2.43. The molecule has 0 fully saturated rings. The number of fused-ring (bicyclic) bond motifs is 1. The Hall–Kier alpha value is -1.88. The average molecular weight is 360 g/mol. The highest BCUT2D eigenvalue weighted by Gasteiger charge is 2.49. The molecule has 26 heavy (non-hydrogen) atoms. The second kappa shape index (κ2) is 7.03. The van der Waals surface area contributed by atoms with Crippen LogP contribution in [0.2, 0.25) is 0 Å². The van der Waals surface area contributed by atoms with Crippen molar-refractivity contribution in [2.45, 2.75) is 71.0 Å². The quantitative estimate of drug-likeness (QED) is 0.579. The smallest absolute Gasteiger partial charge is 0.330 e. The van der Waals surface area contributed by atoms with Crippen molar-refractivity contribution in [2.24, 2.45) is 11.8 Å². The van der Waals surface area contributed by atoms with E-state index in [1.54, 1.807) is 13.0 Å². The Morgan fingerprint density at radius 2 is 2.23 bits per heavy atom. The summed E-state index contributed by atoms with van der Waals surface area (Å²) in [7, 11) is 0. The van der Waals surface area contributed by atoms with Gasteiger partial charge in [0, 0.05) is 29.9 Å². The molecule has 2 N–H and O–H groups in total. The maximum atomic E-state index is 12.4. The van der Waals surface area contributed by atoms with Gasteiger partial charge in [-0.1, -0.05) is 24.6 Å². The molecule has 0 aromatic heterocycles. The van der Waals surface area contributed by atoms with Gasteiger partial charge in [0.15, 0.2) is 5.78 Å². The van der Waals surface area contributed by atoms with E-state index < -0.39 is 12.1 Å². The Morgan fingerprint density at radius 1 is 1.50 bits per heavy atom. The fourth-order valence-corrected chi connectivity index (χ4v) is 4.45. The van der Waals surface area contributed by atoms with Gasteiger partial charge in [-0.3, -0.25) is 4.79 Å². The van der Waals surface area contributed by atoms with E-state index in [4.69, 9.17) is 9.84 Å². The minimum atomic E-state index is -0.892. The highest BCUT2D eigenvalue weighted by Crippen LogP contribution is 2.51. The Morgan fingerprint density at radius 3 is 2.92 bits per heavy atom. The van der Waals surface area contributed by atoms with E-state index >= 15 is 0 Å². The average Bonchev–Trinajstić information content (AvgIpc) is 2.93. The molecule has 3 aliphatic rings. The maximum absolute atomic E-state index is 12.4. The molecule has 2 aliphatic carbocycles. The number of carboxylic acid groups (broad SMARTS) is 1. The molecule has 0 aromatic carbocycles. The zero-order valence-corrected chi connectivity index (χ0v) is 15.7. The number of rotatable bonds is 5. The third kappa shape index (κ3) is 3.37. The highest BCUT2D eigenvalue weighted by atomic mass is 16.5. The van der Waals surface area contributed by atoms with E-state index in [9.17, 15) is 14.7 Å². The van der Waals surface area contributed by atoms with Crippen LogP contribution in [0.15, 0.2) is 34.6 Å². The lowest BCUT2D eigenvalue weighted by molar-refractivity contribution is -0.132. The summed E-state index contributed by atoms with van der Waals surface area (Å²) in [5, 5.41) is 18.9. The summed E-state index contributed by atoms with van der Waals surface area (Å²) in [6.07, 6.45) is 7.25. The van der Waals surface area contributed by atoms with Crippen molar-refractivity contribution in [1.29, 1.82) is 0 Å². The summed E-state index contributed by atoms with van der Waals surface area (Å²) in [6, 6.07) is 0. The van der Waals surface area contributed by atoms with E-state index in [1.807, 2.05) is 0 Å². The third-order valence-corrected chi connectivity index (χ3v) is 6.19. The Kier molecular flexibility index (Phi) is 5.11. The van der Waals surface area contributed by atoms with Crippen LogP contribution < -0.4 is 0 Å². The lowest BCUT2D eigenvalue weighted by atomic mass is 9.74. The summed E-state index contributed by atoms with van der Waals surface area (Å²) in [6.45, 7) is 5.88. The van der Waals surface area contributed by atoms with Gasteiger partial charge in [0.05, 0.1) is 0 Å². The second-order valence-corrected chi connectivity index (χ2v) is 8.07. The summed E-state index contributed by atoms with van der Waals surface area (Å²) < 4.78 is 6.28. The monoisotopic (exact) mass is 360 g/mol. The molecule has 0 radical (unpaired) electrons. The number of allylic oxidation sites excluding steroid dienone is 2. The third-order valence-electron chi connectivity index (χ3n) is 6.19. The highest BCUT2D eigenvalue weighted by molar-refractivity contribution is 6.00. The minimum Gasteiger partial charge on any atom is -0.491 e. The van der Waals surface area contributed by atoms with Crippen LogP contribution in [0.4, 0.5) is 0 Å². The number of ketones is 1. The van der Waals surface area contributed by atoms with Gasteiger partial charge in [-0.2, -0.15) is 0 Å². The molecule has 0 saturated heterocycles. The zero-order chi connectivity index (χ0) is 19.1. The van der Waals surface area contributed by atoms with Crippen LogP contribution >= 0.6 is 0 Å². The molecule has 0 amide bonds. The van der Waals surface area contributed by atoms with Gasteiger partial charge < -0.3 is 14.9 Å². The molecule has 0 bridgehead atoms. The first-order chi connectivity index (χ1) is 12.2. The van der Waals surface area contributed by atoms with Crippen molar-refractivity contribution in [2.75, 3.05) is 0 Å². The normalized spacial score (nSPS) is 32.5. The van der Waals surface area contributed by atoms with Crippen LogP contribution in [0.5, 0.6) is 0 Å². The molecular weight excluding hydrogens is 332 g/mol. The van der Waals surface area contributed by atoms with Crippen LogP contribution in [0.3, 0.4) is 0 Å².